The fourth-order valence-electron chi connectivity index (χ4n) is 3.98. The number of hydrogen-bond donors (Lipinski definition) is 0. The Hall–Kier alpha value is -2.63. The number of carbonyl (C=O) groups excluding carboxylic acids is 2. The Labute approximate surface area is 152 Å². The molecule has 3 heterocycles. The van der Waals surface area contributed by atoms with E-state index in [4.69, 9.17) is 4.52 Å². The number of piperidine rings is 1. The highest BCUT2D eigenvalue weighted by Crippen LogP contribution is 2.32. The van der Waals surface area contributed by atoms with Crippen molar-refractivity contribution in [3.8, 4) is 0 Å². The van der Waals surface area contributed by atoms with Crippen LogP contribution in [0.5, 0.6) is 0 Å². The minimum atomic E-state index is -0.0659. The molecule has 0 N–H and O–H groups in total. The van der Waals surface area contributed by atoms with E-state index in [-0.39, 0.29) is 24.4 Å². The van der Waals surface area contributed by atoms with E-state index in [2.05, 4.69) is 5.16 Å². The van der Waals surface area contributed by atoms with Gasteiger partial charge in [0.25, 0.3) is 0 Å². The SMILES string of the molecule is Cc1cc([C@@H]2CCCCN2C(=O)CN2C(=O)CCc3ccccc32)no1. The average Bonchev–Trinajstić information content (AvgIpc) is 3.10. The largest absolute Gasteiger partial charge is 0.361 e. The summed E-state index contributed by atoms with van der Waals surface area (Å²) in [5, 5.41) is 4.12. The zero-order valence-corrected chi connectivity index (χ0v) is 15.0. The molecule has 1 atom stereocenters. The Bertz CT molecular complexity index is 829. The van der Waals surface area contributed by atoms with Gasteiger partial charge >= 0.3 is 0 Å². The van der Waals surface area contributed by atoms with Crippen LogP contribution < -0.4 is 4.90 Å². The summed E-state index contributed by atoms with van der Waals surface area (Å²) in [5.41, 5.74) is 2.80. The highest BCUT2D eigenvalue weighted by Gasteiger charge is 2.33. The van der Waals surface area contributed by atoms with E-state index in [1.54, 1.807) is 4.90 Å². The number of rotatable bonds is 3. The molecule has 6 heteroatoms. The molecule has 1 saturated heterocycles. The second-order valence-corrected chi connectivity index (χ2v) is 7.07. The topological polar surface area (TPSA) is 66.7 Å². The van der Waals surface area contributed by atoms with E-state index in [0.717, 1.165) is 48.4 Å². The highest BCUT2D eigenvalue weighted by atomic mass is 16.5. The van der Waals surface area contributed by atoms with Gasteiger partial charge in [0, 0.05) is 24.7 Å². The van der Waals surface area contributed by atoms with Crippen molar-refractivity contribution in [1.29, 1.82) is 0 Å². The smallest absolute Gasteiger partial charge is 0.243 e. The van der Waals surface area contributed by atoms with E-state index >= 15 is 0 Å². The second-order valence-electron chi connectivity index (χ2n) is 7.07. The number of aromatic nitrogens is 1. The molecule has 0 bridgehead atoms. The van der Waals surface area contributed by atoms with Gasteiger partial charge in [0.2, 0.25) is 11.8 Å². The molecule has 2 aliphatic heterocycles. The van der Waals surface area contributed by atoms with Crippen molar-refractivity contribution in [2.45, 2.75) is 45.1 Å². The fraction of sp³-hybridized carbons (Fsp3) is 0.450. The molecule has 2 aliphatic rings. The van der Waals surface area contributed by atoms with Crippen molar-refractivity contribution in [1.82, 2.24) is 10.1 Å². The Morgan fingerprint density at radius 3 is 2.92 bits per heavy atom. The zero-order chi connectivity index (χ0) is 18.1. The van der Waals surface area contributed by atoms with Crippen LogP contribution >= 0.6 is 0 Å². The Kier molecular flexibility index (Phi) is 4.49. The van der Waals surface area contributed by atoms with Gasteiger partial charge in [-0.2, -0.15) is 0 Å². The molecule has 136 valence electrons. The molecular formula is C20H23N3O3. The van der Waals surface area contributed by atoms with Gasteiger partial charge in [-0.1, -0.05) is 23.4 Å². The van der Waals surface area contributed by atoms with Gasteiger partial charge in [0.05, 0.1) is 6.04 Å². The monoisotopic (exact) mass is 353 g/mol. The summed E-state index contributed by atoms with van der Waals surface area (Å²) >= 11 is 0. The van der Waals surface area contributed by atoms with Crippen molar-refractivity contribution >= 4 is 17.5 Å². The minimum absolute atomic E-state index is 0.0166. The maximum atomic E-state index is 13.1. The van der Waals surface area contributed by atoms with Crippen LogP contribution in [-0.4, -0.2) is 35.0 Å². The lowest BCUT2D eigenvalue weighted by Gasteiger charge is -2.37. The van der Waals surface area contributed by atoms with Crippen LogP contribution in [0.1, 0.15) is 48.7 Å². The van der Waals surface area contributed by atoms with Crippen LogP contribution in [0.15, 0.2) is 34.9 Å². The van der Waals surface area contributed by atoms with Crippen LogP contribution in [0, 0.1) is 6.92 Å². The number of nitrogens with zero attached hydrogens (tertiary/aromatic N) is 3. The lowest BCUT2D eigenvalue weighted by Crippen LogP contribution is -2.47. The molecule has 1 fully saturated rings. The molecule has 6 nitrogen and oxygen atoms in total. The number of anilines is 1. The normalized spacial score (nSPS) is 20.2. The van der Waals surface area contributed by atoms with Gasteiger partial charge < -0.3 is 14.3 Å². The number of carbonyl (C=O) groups is 2. The highest BCUT2D eigenvalue weighted by molar-refractivity contribution is 6.01. The van der Waals surface area contributed by atoms with Crippen molar-refractivity contribution in [3.63, 3.8) is 0 Å². The molecular weight excluding hydrogens is 330 g/mol. The number of benzene rings is 1. The zero-order valence-electron chi connectivity index (χ0n) is 15.0. The summed E-state index contributed by atoms with van der Waals surface area (Å²) in [6, 6.07) is 9.68. The molecule has 0 saturated carbocycles. The molecule has 2 aromatic rings. The average molecular weight is 353 g/mol. The maximum Gasteiger partial charge on any atom is 0.243 e. The van der Waals surface area contributed by atoms with Crippen LogP contribution in [-0.2, 0) is 16.0 Å². The van der Waals surface area contributed by atoms with Gasteiger partial charge in [-0.25, -0.2) is 0 Å². The third kappa shape index (κ3) is 3.11. The molecule has 26 heavy (non-hydrogen) atoms. The molecule has 1 aromatic heterocycles. The number of hydrogen-bond acceptors (Lipinski definition) is 4. The van der Waals surface area contributed by atoms with E-state index in [9.17, 15) is 9.59 Å². The van der Waals surface area contributed by atoms with Gasteiger partial charge in [-0.05, 0) is 44.2 Å². The predicted molar refractivity (Wildman–Crippen MR) is 96.7 cm³/mol. The first kappa shape index (κ1) is 16.8. The molecule has 0 aliphatic carbocycles. The van der Waals surface area contributed by atoms with Gasteiger partial charge in [-0.15, -0.1) is 0 Å². The summed E-state index contributed by atoms with van der Waals surface area (Å²) in [7, 11) is 0. The van der Waals surface area contributed by atoms with Gasteiger partial charge in [0.1, 0.15) is 18.0 Å². The third-order valence-electron chi connectivity index (χ3n) is 5.30. The van der Waals surface area contributed by atoms with Crippen LogP contribution in [0.2, 0.25) is 0 Å². The summed E-state index contributed by atoms with van der Waals surface area (Å²) in [4.78, 5) is 29.0. The first-order valence-corrected chi connectivity index (χ1v) is 9.24. The first-order chi connectivity index (χ1) is 12.6. The van der Waals surface area contributed by atoms with Crippen LogP contribution in [0.3, 0.4) is 0 Å². The number of fused-ring (bicyclic) bond motifs is 1. The number of amides is 2. The number of aryl methyl sites for hydroxylation is 2. The second kappa shape index (κ2) is 6.94. The van der Waals surface area contributed by atoms with Crippen LogP contribution in [0.25, 0.3) is 0 Å². The Balaban J connectivity index is 1.56. The Morgan fingerprint density at radius 1 is 1.27 bits per heavy atom. The molecule has 0 spiro atoms. The standard InChI is InChI=1S/C20H23N3O3/c1-14-12-16(21-26-14)18-8-4-5-11-22(18)20(25)13-23-17-7-3-2-6-15(17)9-10-19(23)24/h2-3,6-7,12,18H,4-5,8-11,13H2,1H3/t18-/m0/s1. The van der Waals surface area contributed by atoms with E-state index in [0.29, 0.717) is 13.0 Å². The van der Waals surface area contributed by atoms with Gasteiger partial charge in [0.15, 0.2) is 0 Å². The summed E-state index contributed by atoms with van der Waals surface area (Å²) in [6.45, 7) is 2.64. The molecule has 0 unspecified atom stereocenters. The van der Waals surface area contributed by atoms with E-state index in [1.165, 1.54) is 0 Å². The quantitative estimate of drug-likeness (QED) is 0.851. The van der Waals surface area contributed by atoms with Crippen molar-refractivity contribution in [2.75, 3.05) is 18.0 Å². The van der Waals surface area contributed by atoms with E-state index in [1.807, 2.05) is 42.2 Å². The summed E-state index contributed by atoms with van der Waals surface area (Å²) in [5.74, 6) is 0.737. The fourth-order valence-corrected chi connectivity index (χ4v) is 3.98. The predicted octanol–water partition coefficient (Wildman–Crippen LogP) is 3.02. The Morgan fingerprint density at radius 2 is 2.12 bits per heavy atom. The lowest BCUT2D eigenvalue weighted by atomic mass is 9.98. The lowest BCUT2D eigenvalue weighted by molar-refractivity contribution is -0.135. The van der Waals surface area contributed by atoms with Crippen molar-refractivity contribution < 1.29 is 14.1 Å². The molecule has 4 rings (SSSR count). The summed E-state index contributed by atoms with van der Waals surface area (Å²) in [6.07, 6.45) is 4.11. The maximum absolute atomic E-state index is 13.1. The van der Waals surface area contributed by atoms with Crippen molar-refractivity contribution in [3.05, 3.63) is 47.3 Å². The third-order valence-corrected chi connectivity index (χ3v) is 5.30. The van der Waals surface area contributed by atoms with Crippen molar-refractivity contribution in [2.24, 2.45) is 0 Å². The summed E-state index contributed by atoms with van der Waals surface area (Å²) < 4.78 is 5.21. The van der Waals surface area contributed by atoms with Gasteiger partial charge in [-0.3, -0.25) is 9.59 Å². The minimum Gasteiger partial charge on any atom is -0.361 e. The van der Waals surface area contributed by atoms with Crippen LogP contribution in [0.4, 0.5) is 5.69 Å². The number of para-hydroxylation sites is 1. The molecule has 0 radical (unpaired) electrons. The van der Waals surface area contributed by atoms with E-state index < -0.39 is 0 Å². The molecule has 2 amide bonds. The number of likely N-dealkylation sites (tertiary alicyclic amines) is 1. The first-order valence-electron chi connectivity index (χ1n) is 9.24. The molecule has 1 aromatic carbocycles.